The topological polar surface area (TPSA) is 12.0 Å². The summed E-state index contributed by atoms with van der Waals surface area (Å²) in [6.45, 7) is 11.2. The number of hydrogen-bond donors (Lipinski definition) is 1. The van der Waals surface area contributed by atoms with Gasteiger partial charge in [0.2, 0.25) is 0 Å². The molecule has 1 fully saturated rings. The average Bonchev–Trinajstić information content (AvgIpc) is 2.68. The first-order valence-electron chi connectivity index (χ1n) is 6.83. The van der Waals surface area contributed by atoms with Crippen molar-refractivity contribution < 1.29 is 4.39 Å². The SMILES string of the molecule is CCC(NC1C(C)(C)C1(C)C)c1ccccc1F. The van der Waals surface area contributed by atoms with E-state index in [-0.39, 0.29) is 22.7 Å². The lowest BCUT2D eigenvalue weighted by atomic mass is 10.0. The molecule has 18 heavy (non-hydrogen) atoms. The van der Waals surface area contributed by atoms with E-state index in [1.54, 1.807) is 12.1 Å². The zero-order valence-electron chi connectivity index (χ0n) is 12.0. The van der Waals surface area contributed by atoms with Crippen molar-refractivity contribution in [1.82, 2.24) is 5.32 Å². The van der Waals surface area contributed by atoms with Crippen LogP contribution in [0.25, 0.3) is 0 Å². The summed E-state index contributed by atoms with van der Waals surface area (Å²) in [5.41, 5.74) is 1.36. The number of halogens is 1. The maximum absolute atomic E-state index is 13.8. The van der Waals surface area contributed by atoms with Gasteiger partial charge in [0.1, 0.15) is 5.82 Å². The summed E-state index contributed by atoms with van der Waals surface area (Å²) in [5, 5.41) is 3.64. The molecule has 1 saturated carbocycles. The van der Waals surface area contributed by atoms with Gasteiger partial charge in [-0.05, 0) is 23.3 Å². The van der Waals surface area contributed by atoms with Gasteiger partial charge in [-0.25, -0.2) is 4.39 Å². The van der Waals surface area contributed by atoms with E-state index in [9.17, 15) is 4.39 Å². The normalized spacial score (nSPS) is 22.8. The molecule has 1 aliphatic carbocycles. The van der Waals surface area contributed by atoms with Gasteiger partial charge in [0.15, 0.2) is 0 Å². The molecule has 0 spiro atoms. The summed E-state index contributed by atoms with van der Waals surface area (Å²) in [7, 11) is 0. The minimum absolute atomic E-state index is 0.104. The Hall–Kier alpha value is -0.890. The molecular weight excluding hydrogens is 225 g/mol. The molecule has 1 aliphatic rings. The van der Waals surface area contributed by atoms with Gasteiger partial charge < -0.3 is 5.32 Å². The van der Waals surface area contributed by atoms with Gasteiger partial charge in [-0.1, -0.05) is 52.8 Å². The van der Waals surface area contributed by atoms with E-state index in [2.05, 4.69) is 39.9 Å². The lowest BCUT2D eigenvalue weighted by Gasteiger charge is -2.19. The van der Waals surface area contributed by atoms with Crippen molar-refractivity contribution in [2.24, 2.45) is 10.8 Å². The highest BCUT2D eigenvalue weighted by molar-refractivity contribution is 5.24. The van der Waals surface area contributed by atoms with Crippen LogP contribution in [-0.2, 0) is 0 Å². The van der Waals surface area contributed by atoms with Crippen LogP contribution < -0.4 is 5.32 Å². The van der Waals surface area contributed by atoms with Crippen LogP contribution in [0.15, 0.2) is 24.3 Å². The van der Waals surface area contributed by atoms with Crippen molar-refractivity contribution in [3.63, 3.8) is 0 Å². The van der Waals surface area contributed by atoms with Crippen LogP contribution in [-0.4, -0.2) is 6.04 Å². The zero-order chi connectivity index (χ0) is 13.6. The van der Waals surface area contributed by atoms with Crippen LogP contribution in [0.2, 0.25) is 0 Å². The van der Waals surface area contributed by atoms with Crippen LogP contribution in [0.4, 0.5) is 4.39 Å². The summed E-state index contributed by atoms with van der Waals surface area (Å²) in [4.78, 5) is 0. The fourth-order valence-corrected chi connectivity index (χ4v) is 3.00. The van der Waals surface area contributed by atoms with Gasteiger partial charge in [0.25, 0.3) is 0 Å². The first-order valence-corrected chi connectivity index (χ1v) is 6.83. The van der Waals surface area contributed by atoms with E-state index < -0.39 is 0 Å². The second-order valence-electron chi connectivity index (χ2n) is 6.53. The van der Waals surface area contributed by atoms with Crippen LogP contribution in [0, 0.1) is 16.6 Å². The van der Waals surface area contributed by atoms with Crippen LogP contribution in [0.5, 0.6) is 0 Å². The Morgan fingerprint density at radius 1 is 1.17 bits per heavy atom. The molecule has 1 unspecified atom stereocenters. The molecule has 1 N–H and O–H groups in total. The Bertz CT molecular complexity index is 422. The Morgan fingerprint density at radius 3 is 2.17 bits per heavy atom. The van der Waals surface area contributed by atoms with E-state index >= 15 is 0 Å². The van der Waals surface area contributed by atoms with E-state index in [0.29, 0.717) is 6.04 Å². The van der Waals surface area contributed by atoms with Crippen molar-refractivity contribution in [2.45, 2.75) is 53.1 Å². The van der Waals surface area contributed by atoms with Crippen molar-refractivity contribution in [3.8, 4) is 0 Å². The third-order valence-electron chi connectivity index (χ3n) is 5.08. The van der Waals surface area contributed by atoms with Gasteiger partial charge in [-0.2, -0.15) is 0 Å². The fourth-order valence-electron chi connectivity index (χ4n) is 3.00. The molecule has 1 aromatic carbocycles. The molecule has 1 aromatic rings. The largest absolute Gasteiger partial charge is 0.306 e. The fraction of sp³-hybridized carbons (Fsp3) is 0.625. The van der Waals surface area contributed by atoms with Crippen molar-refractivity contribution >= 4 is 0 Å². The third kappa shape index (κ3) is 1.97. The molecular formula is C16H24FN. The lowest BCUT2D eigenvalue weighted by molar-refractivity contribution is 0.444. The molecule has 100 valence electrons. The van der Waals surface area contributed by atoms with E-state index in [1.807, 2.05) is 12.1 Å². The highest BCUT2D eigenvalue weighted by Crippen LogP contribution is 2.63. The Morgan fingerprint density at radius 2 is 1.72 bits per heavy atom. The Kier molecular flexibility index (Phi) is 3.26. The minimum Gasteiger partial charge on any atom is -0.306 e. The van der Waals surface area contributed by atoms with E-state index in [1.165, 1.54) is 0 Å². The molecule has 0 bridgehead atoms. The number of benzene rings is 1. The van der Waals surface area contributed by atoms with Crippen molar-refractivity contribution in [2.75, 3.05) is 0 Å². The highest BCUT2D eigenvalue weighted by atomic mass is 19.1. The summed E-state index contributed by atoms with van der Waals surface area (Å²) in [5.74, 6) is -0.104. The molecule has 0 amide bonds. The first-order chi connectivity index (χ1) is 8.32. The standard InChI is InChI=1S/C16H24FN/c1-6-13(11-9-7-8-10-12(11)17)18-14-15(2,3)16(14,4)5/h7-10,13-14,18H,6H2,1-5H3. The second kappa shape index (κ2) is 4.34. The molecule has 0 saturated heterocycles. The number of hydrogen-bond acceptors (Lipinski definition) is 1. The highest BCUT2D eigenvalue weighted by Gasteiger charge is 2.64. The maximum Gasteiger partial charge on any atom is 0.127 e. The smallest absolute Gasteiger partial charge is 0.127 e. The molecule has 1 atom stereocenters. The quantitative estimate of drug-likeness (QED) is 0.839. The van der Waals surface area contributed by atoms with Crippen LogP contribution in [0.1, 0.15) is 52.6 Å². The monoisotopic (exact) mass is 249 g/mol. The predicted molar refractivity (Wildman–Crippen MR) is 73.9 cm³/mol. The molecule has 2 heteroatoms. The first kappa shape index (κ1) is 13.5. The van der Waals surface area contributed by atoms with Crippen LogP contribution >= 0.6 is 0 Å². The summed E-state index contributed by atoms with van der Waals surface area (Å²) >= 11 is 0. The van der Waals surface area contributed by atoms with Crippen molar-refractivity contribution in [3.05, 3.63) is 35.6 Å². The Balaban J connectivity index is 2.16. The van der Waals surface area contributed by atoms with Gasteiger partial charge in [0, 0.05) is 17.6 Å². The van der Waals surface area contributed by atoms with Crippen LogP contribution in [0.3, 0.4) is 0 Å². The van der Waals surface area contributed by atoms with Crippen molar-refractivity contribution in [1.29, 1.82) is 0 Å². The van der Waals surface area contributed by atoms with Gasteiger partial charge >= 0.3 is 0 Å². The minimum atomic E-state index is -0.104. The predicted octanol–water partition coefficient (Wildman–Crippen LogP) is 4.30. The second-order valence-corrected chi connectivity index (χ2v) is 6.53. The number of nitrogens with one attached hydrogen (secondary N) is 1. The van der Waals surface area contributed by atoms with E-state index in [0.717, 1.165) is 12.0 Å². The molecule has 1 nitrogen and oxygen atoms in total. The molecule has 2 rings (SSSR count). The third-order valence-corrected chi connectivity index (χ3v) is 5.08. The maximum atomic E-state index is 13.8. The van der Waals surface area contributed by atoms with Gasteiger partial charge in [0.05, 0.1) is 0 Å². The average molecular weight is 249 g/mol. The molecule has 0 radical (unpaired) electrons. The molecule has 0 aromatic heterocycles. The molecule has 0 aliphatic heterocycles. The van der Waals surface area contributed by atoms with E-state index in [4.69, 9.17) is 0 Å². The molecule has 0 heterocycles. The summed E-state index contributed by atoms with van der Waals surface area (Å²) < 4.78 is 13.8. The lowest BCUT2D eigenvalue weighted by Crippen LogP contribution is -2.28. The zero-order valence-corrected chi connectivity index (χ0v) is 12.0. The summed E-state index contributed by atoms with van der Waals surface area (Å²) in [6.07, 6.45) is 0.906. The number of rotatable bonds is 4. The Labute approximate surface area is 110 Å². The summed E-state index contributed by atoms with van der Waals surface area (Å²) in [6, 6.07) is 7.65. The van der Waals surface area contributed by atoms with Gasteiger partial charge in [-0.15, -0.1) is 0 Å². The van der Waals surface area contributed by atoms with Gasteiger partial charge in [-0.3, -0.25) is 0 Å².